The molecule has 0 amide bonds. The fourth-order valence-corrected chi connectivity index (χ4v) is 2.41. The summed E-state index contributed by atoms with van der Waals surface area (Å²) < 4.78 is 23.0. The van der Waals surface area contributed by atoms with Crippen molar-refractivity contribution in [2.24, 2.45) is 0 Å². The first kappa shape index (κ1) is 16.3. The first-order valence-electron chi connectivity index (χ1n) is 7.91. The van der Waals surface area contributed by atoms with Gasteiger partial charge in [-0.3, -0.25) is 0 Å². The van der Waals surface area contributed by atoms with E-state index < -0.39 is 6.67 Å². The summed E-state index contributed by atoms with van der Waals surface area (Å²) >= 11 is 0. The summed E-state index contributed by atoms with van der Waals surface area (Å²) in [5.74, 6) is 0.608. The maximum absolute atomic E-state index is 12.0. The second kappa shape index (κ2) is 8.36. The van der Waals surface area contributed by atoms with Crippen LogP contribution in [0.3, 0.4) is 0 Å². The second-order valence-electron chi connectivity index (χ2n) is 5.35. The van der Waals surface area contributed by atoms with E-state index >= 15 is 0 Å². The van der Waals surface area contributed by atoms with Gasteiger partial charge in [-0.15, -0.1) is 0 Å². The van der Waals surface area contributed by atoms with Gasteiger partial charge in [0.05, 0.1) is 30.7 Å². The third-order valence-corrected chi connectivity index (χ3v) is 3.65. The van der Waals surface area contributed by atoms with Crippen LogP contribution in [0.1, 0.15) is 11.1 Å². The number of fused-ring (bicyclic) bond motifs is 1. The first-order valence-corrected chi connectivity index (χ1v) is 7.91. The molecule has 1 aromatic heterocycles. The molecule has 24 heavy (non-hydrogen) atoms. The van der Waals surface area contributed by atoms with Crippen molar-refractivity contribution in [1.82, 2.24) is 9.97 Å². The molecule has 0 unspecified atom stereocenters. The molecule has 0 saturated carbocycles. The van der Waals surface area contributed by atoms with Crippen molar-refractivity contribution >= 4 is 10.9 Å². The van der Waals surface area contributed by atoms with Crippen LogP contribution in [0.2, 0.25) is 0 Å². The van der Waals surface area contributed by atoms with Crippen LogP contribution in [-0.4, -0.2) is 29.9 Å². The van der Waals surface area contributed by atoms with Crippen molar-refractivity contribution in [3.05, 3.63) is 66.0 Å². The van der Waals surface area contributed by atoms with Gasteiger partial charge in [0, 0.05) is 6.42 Å². The van der Waals surface area contributed by atoms with Crippen LogP contribution in [0.5, 0.6) is 5.88 Å². The van der Waals surface area contributed by atoms with Gasteiger partial charge < -0.3 is 9.47 Å². The minimum atomic E-state index is -0.451. The van der Waals surface area contributed by atoms with E-state index in [9.17, 15) is 4.39 Å². The Balaban J connectivity index is 1.54. The van der Waals surface area contributed by atoms with Gasteiger partial charge in [-0.2, -0.15) is 0 Å². The highest BCUT2D eigenvalue weighted by molar-refractivity contribution is 5.82. The normalized spacial score (nSPS) is 10.9. The third-order valence-electron chi connectivity index (χ3n) is 3.65. The van der Waals surface area contributed by atoms with Crippen molar-refractivity contribution in [3.63, 3.8) is 0 Å². The van der Waals surface area contributed by atoms with Crippen LogP contribution in [0.15, 0.2) is 54.9 Å². The van der Waals surface area contributed by atoms with E-state index in [2.05, 4.69) is 9.97 Å². The van der Waals surface area contributed by atoms with Crippen molar-refractivity contribution in [3.8, 4) is 5.88 Å². The van der Waals surface area contributed by atoms with Gasteiger partial charge in [0.2, 0.25) is 5.88 Å². The minimum Gasteiger partial charge on any atom is -0.477 e. The lowest BCUT2D eigenvalue weighted by molar-refractivity contribution is 0.106. The van der Waals surface area contributed by atoms with Crippen LogP contribution in [0.4, 0.5) is 4.39 Å². The van der Waals surface area contributed by atoms with E-state index in [0.29, 0.717) is 19.1 Å². The maximum Gasteiger partial charge on any atom is 0.224 e. The molecule has 0 aliphatic heterocycles. The zero-order valence-corrected chi connectivity index (χ0v) is 13.3. The lowest BCUT2D eigenvalue weighted by atomic mass is 10.1. The first-order chi connectivity index (χ1) is 11.9. The molecule has 0 fully saturated rings. The molecular formula is C19H19FN2O2. The topological polar surface area (TPSA) is 44.2 Å². The number of hydrogen-bond donors (Lipinski definition) is 0. The SMILES string of the molecule is [18F]CCOCc1ccc(CCOc2ncnc3ccccc23)cc1. The summed E-state index contributed by atoms with van der Waals surface area (Å²) in [6.07, 6.45) is 2.30. The molecule has 0 aliphatic carbocycles. The number of ether oxygens (including phenoxy) is 2. The molecule has 3 aromatic rings. The smallest absolute Gasteiger partial charge is 0.224 e. The molecule has 5 heteroatoms. The van der Waals surface area contributed by atoms with Gasteiger partial charge in [0.1, 0.15) is 13.0 Å². The molecule has 0 bridgehead atoms. The number of aromatic nitrogens is 2. The number of para-hydroxylation sites is 1. The fourth-order valence-electron chi connectivity index (χ4n) is 2.41. The van der Waals surface area contributed by atoms with Gasteiger partial charge >= 0.3 is 0 Å². The summed E-state index contributed by atoms with van der Waals surface area (Å²) in [7, 11) is 0. The summed E-state index contributed by atoms with van der Waals surface area (Å²) in [5.41, 5.74) is 3.08. The zero-order chi connectivity index (χ0) is 16.6. The Bertz CT molecular complexity index is 772. The molecule has 4 nitrogen and oxygen atoms in total. The van der Waals surface area contributed by atoms with Crippen molar-refractivity contribution < 1.29 is 13.9 Å². The van der Waals surface area contributed by atoms with Gasteiger partial charge in [0.15, 0.2) is 0 Å². The third kappa shape index (κ3) is 4.26. The molecule has 3 rings (SSSR count). The standard InChI is InChI=1S/C19H19FN2O2/c20-10-12-23-13-16-7-5-15(6-8-16)9-11-24-19-17-3-1-2-4-18(17)21-14-22-19/h1-8,14H,9-13H2/i20-1. The van der Waals surface area contributed by atoms with Crippen molar-refractivity contribution in [1.29, 1.82) is 0 Å². The number of benzene rings is 2. The van der Waals surface area contributed by atoms with Crippen LogP contribution in [0, 0.1) is 0 Å². The Hall–Kier alpha value is -2.53. The predicted octanol–water partition coefficient (Wildman–Crippen LogP) is 3.74. The van der Waals surface area contributed by atoms with E-state index in [1.165, 1.54) is 11.9 Å². The van der Waals surface area contributed by atoms with Crippen molar-refractivity contribution in [2.45, 2.75) is 13.0 Å². The Morgan fingerprint density at radius 2 is 1.67 bits per heavy atom. The van der Waals surface area contributed by atoms with Crippen LogP contribution < -0.4 is 4.74 Å². The molecule has 0 radical (unpaired) electrons. The Labute approximate surface area is 140 Å². The average molecular weight is 325 g/mol. The quantitative estimate of drug-likeness (QED) is 0.592. The molecule has 0 N–H and O–H groups in total. The van der Waals surface area contributed by atoms with E-state index in [-0.39, 0.29) is 6.61 Å². The summed E-state index contributed by atoms with van der Waals surface area (Å²) in [6.45, 7) is 0.669. The molecule has 0 spiro atoms. The van der Waals surface area contributed by atoms with Crippen molar-refractivity contribution in [2.75, 3.05) is 19.9 Å². The van der Waals surface area contributed by atoms with Gasteiger partial charge in [-0.25, -0.2) is 14.4 Å². The highest BCUT2D eigenvalue weighted by Crippen LogP contribution is 2.20. The van der Waals surface area contributed by atoms with Crippen LogP contribution >= 0.6 is 0 Å². The van der Waals surface area contributed by atoms with Gasteiger partial charge in [-0.05, 0) is 23.3 Å². The highest BCUT2D eigenvalue weighted by atomic mass is 18.2. The average Bonchev–Trinajstić information content (AvgIpc) is 2.63. The van der Waals surface area contributed by atoms with Gasteiger partial charge in [-0.1, -0.05) is 36.4 Å². The molecular weight excluding hydrogens is 306 g/mol. The number of nitrogens with zero attached hydrogens (tertiary/aromatic N) is 2. The Morgan fingerprint density at radius 3 is 2.50 bits per heavy atom. The van der Waals surface area contributed by atoms with Crippen LogP contribution in [-0.2, 0) is 17.8 Å². The van der Waals surface area contributed by atoms with E-state index in [1.54, 1.807) is 0 Å². The Kier molecular flexibility index (Phi) is 5.69. The number of halogens is 1. The monoisotopic (exact) mass is 325 g/mol. The molecule has 0 atom stereocenters. The molecule has 0 aliphatic rings. The van der Waals surface area contributed by atoms with E-state index in [4.69, 9.17) is 9.47 Å². The van der Waals surface area contributed by atoms with E-state index in [1.807, 2.05) is 48.5 Å². The van der Waals surface area contributed by atoms with Crippen LogP contribution in [0.25, 0.3) is 10.9 Å². The predicted molar refractivity (Wildman–Crippen MR) is 90.8 cm³/mol. The summed E-state index contributed by atoms with van der Waals surface area (Å²) in [5, 5.41) is 0.917. The summed E-state index contributed by atoms with van der Waals surface area (Å²) in [6, 6.07) is 15.8. The lowest BCUT2D eigenvalue weighted by Crippen LogP contribution is -2.04. The Morgan fingerprint density at radius 1 is 0.875 bits per heavy atom. The maximum atomic E-state index is 12.0. The second-order valence-corrected chi connectivity index (χ2v) is 5.35. The fraction of sp³-hybridized carbons (Fsp3) is 0.263. The molecule has 124 valence electrons. The highest BCUT2D eigenvalue weighted by Gasteiger charge is 2.04. The number of alkyl halides is 1. The molecule has 1 heterocycles. The molecule has 2 aromatic carbocycles. The number of rotatable bonds is 8. The number of hydrogen-bond acceptors (Lipinski definition) is 4. The summed E-state index contributed by atoms with van der Waals surface area (Å²) in [4.78, 5) is 8.44. The largest absolute Gasteiger partial charge is 0.477 e. The van der Waals surface area contributed by atoms with Gasteiger partial charge in [0.25, 0.3) is 0 Å². The lowest BCUT2D eigenvalue weighted by Gasteiger charge is -2.08. The molecule has 0 saturated heterocycles. The minimum absolute atomic E-state index is 0.141. The van der Waals surface area contributed by atoms with E-state index in [0.717, 1.165) is 22.9 Å². The zero-order valence-electron chi connectivity index (χ0n) is 13.3.